The zero-order valence-corrected chi connectivity index (χ0v) is 43.8. The minimum atomic E-state index is -0.761. The minimum absolute atomic E-state index is 0.0618. The summed E-state index contributed by atoms with van der Waals surface area (Å²) in [5.74, 6) is 0.00293. The van der Waals surface area contributed by atoms with Crippen LogP contribution in [0.4, 0.5) is 0 Å². The van der Waals surface area contributed by atoms with E-state index in [9.17, 15) is 14.4 Å². The van der Waals surface area contributed by atoms with Crippen molar-refractivity contribution < 1.29 is 28.6 Å². The van der Waals surface area contributed by atoms with E-state index in [0.29, 0.717) is 19.3 Å². The van der Waals surface area contributed by atoms with E-state index in [0.717, 1.165) is 63.7 Å². The molecule has 0 radical (unpaired) electrons. The number of rotatable bonds is 53. The molecule has 64 heavy (non-hydrogen) atoms. The number of hydrogen-bond acceptors (Lipinski definition) is 6. The fourth-order valence-corrected chi connectivity index (χ4v) is 8.92. The highest BCUT2D eigenvalue weighted by Crippen LogP contribution is 2.18. The van der Waals surface area contributed by atoms with Crippen LogP contribution in [0.2, 0.25) is 0 Å². The molecule has 0 aromatic heterocycles. The monoisotopic (exact) mass is 905 g/mol. The molecule has 0 N–H and O–H groups in total. The summed E-state index contributed by atoms with van der Waals surface area (Å²) >= 11 is 0. The van der Waals surface area contributed by atoms with Gasteiger partial charge in [0.25, 0.3) is 0 Å². The highest BCUT2D eigenvalue weighted by molar-refractivity contribution is 5.71. The molecule has 380 valence electrons. The SMILES string of the molecule is CCCCCCCCCCCCCCCCCCCC(=O)OC[C@@H](COC(=O)CCCCCCCCCCCCCCC)OC(=O)CCCCCCCCCCCCCCCC(C)C. The predicted molar refractivity (Wildman–Crippen MR) is 275 cm³/mol. The Bertz CT molecular complexity index is 964. The van der Waals surface area contributed by atoms with E-state index < -0.39 is 6.10 Å². The lowest BCUT2D eigenvalue weighted by Gasteiger charge is -2.18. The molecule has 0 aliphatic carbocycles. The maximum atomic E-state index is 12.8. The Balaban J connectivity index is 4.29. The van der Waals surface area contributed by atoms with Crippen molar-refractivity contribution in [2.24, 2.45) is 5.92 Å². The normalized spacial score (nSPS) is 12.0. The van der Waals surface area contributed by atoms with E-state index in [1.54, 1.807) is 0 Å². The van der Waals surface area contributed by atoms with Gasteiger partial charge in [-0.3, -0.25) is 14.4 Å². The van der Waals surface area contributed by atoms with E-state index >= 15 is 0 Å². The van der Waals surface area contributed by atoms with Gasteiger partial charge in [0.15, 0.2) is 6.10 Å². The molecule has 0 aromatic carbocycles. The molecule has 0 amide bonds. The van der Waals surface area contributed by atoms with E-state index in [4.69, 9.17) is 14.2 Å². The van der Waals surface area contributed by atoms with Gasteiger partial charge in [-0.2, -0.15) is 0 Å². The van der Waals surface area contributed by atoms with E-state index in [-0.39, 0.29) is 31.1 Å². The average molecular weight is 906 g/mol. The van der Waals surface area contributed by atoms with Gasteiger partial charge in [0.2, 0.25) is 0 Å². The first-order chi connectivity index (χ1) is 31.4. The Kier molecular flexibility index (Phi) is 51.1. The van der Waals surface area contributed by atoms with Gasteiger partial charge in [0.1, 0.15) is 13.2 Å². The molecule has 0 saturated carbocycles. The van der Waals surface area contributed by atoms with Crippen LogP contribution < -0.4 is 0 Å². The lowest BCUT2D eigenvalue weighted by Crippen LogP contribution is -2.30. The van der Waals surface area contributed by atoms with Gasteiger partial charge in [-0.05, 0) is 25.2 Å². The maximum absolute atomic E-state index is 12.8. The maximum Gasteiger partial charge on any atom is 0.306 e. The number of hydrogen-bond donors (Lipinski definition) is 0. The first-order valence-electron chi connectivity index (χ1n) is 28.9. The van der Waals surface area contributed by atoms with Crippen molar-refractivity contribution in [1.82, 2.24) is 0 Å². The molecule has 0 saturated heterocycles. The fourth-order valence-electron chi connectivity index (χ4n) is 8.92. The minimum Gasteiger partial charge on any atom is -0.462 e. The largest absolute Gasteiger partial charge is 0.462 e. The van der Waals surface area contributed by atoms with Crippen molar-refractivity contribution in [3.63, 3.8) is 0 Å². The molecule has 0 fully saturated rings. The summed E-state index contributed by atoms with van der Waals surface area (Å²) in [5, 5.41) is 0. The van der Waals surface area contributed by atoms with Gasteiger partial charge < -0.3 is 14.2 Å². The van der Waals surface area contributed by atoms with Gasteiger partial charge in [-0.1, -0.05) is 291 Å². The van der Waals surface area contributed by atoms with Gasteiger partial charge in [-0.25, -0.2) is 0 Å². The molecule has 0 aliphatic rings. The molecule has 0 unspecified atom stereocenters. The molecule has 0 spiro atoms. The third kappa shape index (κ3) is 51.4. The lowest BCUT2D eigenvalue weighted by molar-refractivity contribution is -0.167. The summed E-state index contributed by atoms with van der Waals surface area (Å²) in [6, 6.07) is 0. The molecule has 0 aromatic rings. The van der Waals surface area contributed by atoms with Gasteiger partial charge >= 0.3 is 17.9 Å². The van der Waals surface area contributed by atoms with Crippen molar-refractivity contribution in [3.8, 4) is 0 Å². The van der Waals surface area contributed by atoms with Crippen molar-refractivity contribution >= 4 is 17.9 Å². The highest BCUT2D eigenvalue weighted by Gasteiger charge is 2.19. The van der Waals surface area contributed by atoms with Crippen molar-refractivity contribution in [3.05, 3.63) is 0 Å². The molecule has 6 nitrogen and oxygen atoms in total. The Morgan fingerprint density at radius 1 is 0.297 bits per heavy atom. The zero-order chi connectivity index (χ0) is 46.7. The van der Waals surface area contributed by atoms with Crippen LogP contribution in [0, 0.1) is 5.92 Å². The van der Waals surface area contributed by atoms with Crippen LogP contribution in [0.5, 0.6) is 0 Å². The number of carbonyl (C=O) groups is 3. The molecule has 0 aliphatic heterocycles. The molecular formula is C58H112O6. The van der Waals surface area contributed by atoms with Crippen molar-refractivity contribution in [2.75, 3.05) is 13.2 Å². The number of esters is 3. The first kappa shape index (κ1) is 62.4. The average Bonchev–Trinajstić information content (AvgIpc) is 3.28. The first-order valence-corrected chi connectivity index (χ1v) is 28.9. The smallest absolute Gasteiger partial charge is 0.306 e. The second kappa shape index (κ2) is 52.4. The molecule has 0 rings (SSSR count). The number of carbonyl (C=O) groups excluding carboxylic acids is 3. The summed E-state index contributed by atoms with van der Waals surface area (Å²) in [6.45, 7) is 9.06. The van der Waals surface area contributed by atoms with Gasteiger partial charge in [0.05, 0.1) is 0 Å². The second-order valence-electron chi connectivity index (χ2n) is 20.4. The van der Waals surface area contributed by atoms with Crippen molar-refractivity contribution in [2.45, 2.75) is 336 Å². The molecule has 1 atom stereocenters. The Labute approximate surface area is 399 Å². The fraction of sp³-hybridized carbons (Fsp3) is 0.948. The highest BCUT2D eigenvalue weighted by atomic mass is 16.6. The van der Waals surface area contributed by atoms with E-state index in [1.807, 2.05) is 0 Å². The summed E-state index contributed by atoms with van der Waals surface area (Å²) in [4.78, 5) is 38.1. The molecule has 0 heterocycles. The Morgan fingerprint density at radius 3 is 0.766 bits per heavy atom. The van der Waals surface area contributed by atoms with Crippen LogP contribution in [-0.4, -0.2) is 37.2 Å². The standard InChI is InChI=1S/C58H112O6/c1-5-7-9-11-13-15-17-19-20-21-22-26-30-34-38-42-46-50-57(60)63-53-55(52-62-56(59)49-45-41-37-33-29-24-18-16-14-12-10-8-6-2)64-58(61)51-47-43-39-35-31-27-23-25-28-32-36-40-44-48-54(3)4/h54-55H,5-53H2,1-4H3/t55-/m1/s1. The topological polar surface area (TPSA) is 78.9 Å². The van der Waals surface area contributed by atoms with Crippen LogP contribution >= 0.6 is 0 Å². The van der Waals surface area contributed by atoms with Crippen LogP contribution in [-0.2, 0) is 28.6 Å². The molecule has 0 bridgehead atoms. The summed E-state index contributed by atoms with van der Waals surface area (Å²) < 4.78 is 16.9. The molecule has 6 heteroatoms. The van der Waals surface area contributed by atoms with E-state index in [1.165, 1.54) is 225 Å². The second-order valence-corrected chi connectivity index (χ2v) is 20.4. The van der Waals surface area contributed by atoms with Crippen LogP contribution in [0.1, 0.15) is 329 Å². The summed E-state index contributed by atoms with van der Waals surface area (Å²) in [7, 11) is 0. The van der Waals surface area contributed by atoms with E-state index in [2.05, 4.69) is 27.7 Å². The zero-order valence-electron chi connectivity index (χ0n) is 43.8. The van der Waals surface area contributed by atoms with Crippen molar-refractivity contribution in [1.29, 1.82) is 0 Å². The molecular weight excluding hydrogens is 793 g/mol. The number of unbranched alkanes of at least 4 members (excludes halogenated alkanes) is 40. The summed E-state index contributed by atoms with van der Waals surface area (Å²) in [6.07, 6.45) is 56.6. The number of ether oxygens (including phenoxy) is 3. The van der Waals surface area contributed by atoms with Gasteiger partial charge in [0, 0.05) is 19.3 Å². The third-order valence-electron chi connectivity index (χ3n) is 13.3. The Hall–Kier alpha value is -1.59. The lowest BCUT2D eigenvalue weighted by atomic mass is 10.0. The van der Waals surface area contributed by atoms with Crippen LogP contribution in [0.15, 0.2) is 0 Å². The van der Waals surface area contributed by atoms with Gasteiger partial charge in [-0.15, -0.1) is 0 Å². The quantitative estimate of drug-likeness (QED) is 0.0344. The summed E-state index contributed by atoms with van der Waals surface area (Å²) in [5.41, 5.74) is 0. The van der Waals surface area contributed by atoms with Crippen LogP contribution in [0.25, 0.3) is 0 Å². The Morgan fingerprint density at radius 2 is 0.516 bits per heavy atom. The predicted octanol–water partition coefficient (Wildman–Crippen LogP) is 19.0. The van der Waals surface area contributed by atoms with Crippen LogP contribution in [0.3, 0.4) is 0 Å². The third-order valence-corrected chi connectivity index (χ3v) is 13.3.